The number of hydrogen-bond acceptors (Lipinski definition) is 3. The van der Waals surface area contributed by atoms with Gasteiger partial charge >= 0.3 is 6.03 Å². The third kappa shape index (κ3) is 3.35. The number of nitrogens with one attached hydrogen (secondary N) is 1. The molecule has 1 fully saturated rings. The van der Waals surface area contributed by atoms with Gasteiger partial charge < -0.3 is 10.1 Å². The van der Waals surface area contributed by atoms with Gasteiger partial charge in [-0.15, -0.1) is 0 Å². The average Bonchev–Trinajstić information content (AvgIpc) is 2.81. The minimum absolute atomic E-state index is 0.0290. The van der Waals surface area contributed by atoms with Crippen LogP contribution in [-0.2, 0) is 10.3 Å². The second-order valence-electron chi connectivity index (χ2n) is 5.94. The number of imide groups is 1. The number of halogens is 3. The van der Waals surface area contributed by atoms with E-state index in [0.717, 1.165) is 23.1 Å². The molecule has 1 saturated heterocycles. The van der Waals surface area contributed by atoms with E-state index < -0.39 is 29.1 Å². The van der Waals surface area contributed by atoms with Crippen molar-refractivity contribution in [1.29, 1.82) is 0 Å². The summed E-state index contributed by atoms with van der Waals surface area (Å²) in [5.74, 6) is -1.67. The van der Waals surface area contributed by atoms with E-state index >= 15 is 0 Å². The number of ether oxygens (including phenoxy) is 1. The van der Waals surface area contributed by atoms with E-state index in [2.05, 4.69) is 5.32 Å². The zero-order chi connectivity index (χ0) is 18.9. The minimum atomic E-state index is -1.68. The highest BCUT2D eigenvalue weighted by atomic mass is 35.5. The largest absolute Gasteiger partial charge is 0.492 e. The summed E-state index contributed by atoms with van der Waals surface area (Å²) in [6.45, 7) is 1.31. The summed E-state index contributed by atoms with van der Waals surface area (Å²) in [5.41, 5.74) is -1.91. The van der Waals surface area contributed by atoms with Crippen LogP contribution < -0.4 is 10.1 Å². The summed E-state index contributed by atoms with van der Waals surface area (Å²) in [4.78, 5) is 25.8. The molecule has 0 saturated carbocycles. The maximum atomic E-state index is 14.1. The molecule has 8 heteroatoms. The molecule has 1 aliphatic heterocycles. The van der Waals surface area contributed by atoms with Crippen LogP contribution in [0.4, 0.5) is 13.6 Å². The number of urea groups is 1. The van der Waals surface area contributed by atoms with Crippen LogP contribution in [0.1, 0.15) is 12.5 Å². The number of rotatable bonds is 5. The van der Waals surface area contributed by atoms with Gasteiger partial charge in [0.05, 0.1) is 6.54 Å². The molecule has 1 unspecified atom stereocenters. The second kappa shape index (κ2) is 6.92. The first kappa shape index (κ1) is 18.1. The van der Waals surface area contributed by atoms with Crippen molar-refractivity contribution >= 4 is 23.5 Å². The molecule has 0 spiro atoms. The van der Waals surface area contributed by atoms with E-state index in [4.69, 9.17) is 16.3 Å². The normalized spacial score (nSPS) is 19.6. The lowest BCUT2D eigenvalue weighted by Crippen LogP contribution is -2.42. The molecule has 3 amide bonds. The predicted octanol–water partition coefficient (Wildman–Crippen LogP) is 3.46. The van der Waals surface area contributed by atoms with Crippen molar-refractivity contribution in [3.05, 3.63) is 64.7 Å². The van der Waals surface area contributed by atoms with E-state index in [0.29, 0.717) is 10.8 Å². The summed E-state index contributed by atoms with van der Waals surface area (Å²) in [6.07, 6.45) is 0. The van der Waals surface area contributed by atoms with Crippen LogP contribution in [0.2, 0.25) is 5.02 Å². The molecule has 2 aromatic rings. The molecule has 2 aromatic carbocycles. The van der Waals surface area contributed by atoms with Crippen LogP contribution in [-0.4, -0.2) is 30.0 Å². The SMILES string of the molecule is CC1(c2cc(F)ccc2F)NC(=O)N(CCOc2cccc(Cl)c2)C1=O. The molecule has 136 valence electrons. The molecule has 26 heavy (non-hydrogen) atoms. The molecule has 3 rings (SSSR count). The highest BCUT2D eigenvalue weighted by Gasteiger charge is 2.50. The summed E-state index contributed by atoms with van der Waals surface area (Å²) in [7, 11) is 0. The van der Waals surface area contributed by atoms with Gasteiger partial charge in [-0.2, -0.15) is 0 Å². The maximum Gasteiger partial charge on any atom is 0.325 e. The van der Waals surface area contributed by atoms with E-state index in [1.807, 2.05) is 0 Å². The van der Waals surface area contributed by atoms with Gasteiger partial charge in [0.15, 0.2) is 0 Å². The highest BCUT2D eigenvalue weighted by molar-refractivity contribution is 6.30. The fourth-order valence-corrected chi connectivity index (χ4v) is 2.96. The second-order valence-corrected chi connectivity index (χ2v) is 6.38. The Kier molecular flexibility index (Phi) is 4.82. The molecule has 5 nitrogen and oxygen atoms in total. The quantitative estimate of drug-likeness (QED) is 0.808. The predicted molar refractivity (Wildman–Crippen MR) is 90.9 cm³/mol. The standard InChI is InChI=1S/C18H15ClF2N2O3/c1-18(14-10-12(20)5-6-15(14)21)16(24)23(17(25)22-18)7-8-26-13-4-2-3-11(19)9-13/h2-6,9-10H,7-8H2,1H3,(H,22,25). The Labute approximate surface area is 153 Å². The van der Waals surface area contributed by atoms with Crippen molar-refractivity contribution in [3.63, 3.8) is 0 Å². The maximum absolute atomic E-state index is 14.1. The van der Waals surface area contributed by atoms with Crippen LogP contribution in [0.15, 0.2) is 42.5 Å². The Morgan fingerprint density at radius 3 is 2.69 bits per heavy atom. The van der Waals surface area contributed by atoms with Gasteiger partial charge in [-0.05, 0) is 43.3 Å². The zero-order valence-corrected chi connectivity index (χ0v) is 14.5. The van der Waals surface area contributed by atoms with Crippen molar-refractivity contribution in [1.82, 2.24) is 10.2 Å². The number of carbonyl (C=O) groups is 2. The van der Waals surface area contributed by atoms with Gasteiger partial charge in [0.2, 0.25) is 0 Å². The summed E-state index contributed by atoms with van der Waals surface area (Å²) < 4.78 is 33.0. The Bertz CT molecular complexity index is 877. The zero-order valence-electron chi connectivity index (χ0n) is 13.8. The van der Waals surface area contributed by atoms with Crippen LogP contribution in [0, 0.1) is 11.6 Å². The average molecular weight is 381 g/mol. The molecule has 0 aromatic heterocycles. The van der Waals surface area contributed by atoms with E-state index in [9.17, 15) is 18.4 Å². The minimum Gasteiger partial charge on any atom is -0.492 e. The van der Waals surface area contributed by atoms with Crippen molar-refractivity contribution in [2.45, 2.75) is 12.5 Å². The molecule has 1 aliphatic rings. The van der Waals surface area contributed by atoms with E-state index in [1.165, 1.54) is 6.92 Å². The number of hydrogen-bond donors (Lipinski definition) is 1. The lowest BCUT2D eigenvalue weighted by atomic mass is 9.91. The van der Waals surface area contributed by atoms with Crippen molar-refractivity contribution in [2.24, 2.45) is 0 Å². The first-order valence-electron chi connectivity index (χ1n) is 7.79. The fourth-order valence-electron chi connectivity index (χ4n) is 2.77. The fraction of sp³-hybridized carbons (Fsp3) is 0.222. The van der Waals surface area contributed by atoms with Gasteiger partial charge in [-0.3, -0.25) is 9.69 Å². The first-order valence-corrected chi connectivity index (χ1v) is 8.17. The van der Waals surface area contributed by atoms with Crippen molar-refractivity contribution < 1.29 is 23.1 Å². The summed E-state index contributed by atoms with van der Waals surface area (Å²) in [5, 5.41) is 2.92. The Hall–Kier alpha value is -2.67. The van der Waals surface area contributed by atoms with Crippen LogP contribution in [0.25, 0.3) is 0 Å². The number of nitrogens with zero attached hydrogens (tertiary/aromatic N) is 1. The number of benzene rings is 2. The van der Waals surface area contributed by atoms with Crippen molar-refractivity contribution in [3.8, 4) is 5.75 Å². The molecular formula is C18H15ClF2N2O3. The van der Waals surface area contributed by atoms with Gasteiger partial charge in [0, 0.05) is 10.6 Å². The van der Waals surface area contributed by atoms with Gasteiger partial charge in [-0.1, -0.05) is 17.7 Å². The molecule has 1 N–H and O–H groups in total. The lowest BCUT2D eigenvalue weighted by molar-refractivity contribution is -0.131. The third-order valence-electron chi connectivity index (χ3n) is 4.12. The number of amides is 3. The lowest BCUT2D eigenvalue weighted by Gasteiger charge is -2.22. The monoisotopic (exact) mass is 380 g/mol. The molecule has 0 radical (unpaired) electrons. The summed E-state index contributed by atoms with van der Waals surface area (Å²) in [6, 6.07) is 8.74. The van der Waals surface area contributed by atoms with Crippen LogP contribution in [0.3, 0.4) is 0 Å². The molecule has 0 aliphatic carbocycles. The molecule has 1 atom stereocenters. The molecular weight excluding hydrogens is 366 g/mol. The summed E-state index contributed by atoms with van der Waals surface area (Å²) >= 11 is 5.86. The van der Waals surface area contributed by atoms with E-state index in [1.54, 1.807) is 24.3 Å². The van der Waals surface area contributed by atoms with E-state index in [-0.39, 0.29) is 18.7 Å². The Balaban J connectivity index is 1.73. The topological polar surface area (TPSA) is 58.6 Å². The van der Waals surface area contributed by atoms with Gasteiger partial charge in [0.1, 0.15) is 29.5 Å². The number of carbonyl (C=O) groups excluding carboxylic acids is 2. The Morgan fingerprint density at radius 2 is 1.96 bits per heavy atom. The molecule has 1 heterocycles. The first-order chi connectivity index (χ1) is 12.3. The van der Waals surface area contributed by atoms with Gasteiger partial charge in [0.25, 0.3) is 5.91 Å². The van der Waals surface area contributed by atoms with Gasteiger partial charge in [-0.25, -0.2) is 13.6 Å². The third-order valence-corrected chi connectivity index (χ3v) is 4.36. The molecule has 0 bridgehead atoms. The Morgan fingerprint density at radius 1 is 1.19 bits per heavy atom. The smallest absolute Gasteiger partial charge is 0.325 e. The van der Waals surface area contributed by atoms with Crippen LogP contribution in [0.5, 0.6) is 5.75 Å². The van der Waals surface area contributed by atoms with Crippen molar-refractivity contribution in [2.75, 3.05) is 13.2 Å². The van der Waals surface area contributed by atoms with Crippen LogP contribution >= 0.6 is 11.6 Å². The highest BCUT2D eigenvalue weighted by Crippen LogP contribution is 2.31.